The molecule has 0 aromatic rings. The average Bonchev–Trinajstić information content (AvgIpc) is 3.99. The van der Waals surface area contributed by atoms with Crippen LogP contribution in [-0.2, 0) is 37.4 Å². The van der Waals surface area contributed by atoms with Gasteiger partial charge in [-0.2, -0.15) is 0 Å². The number of epoxide rings is 1. The molecule has 4 atom stereocenters. The minimum Gasteiger partial charge on any atom is -0.756 e. The summed E-state index contributed by atoms with van der Waals surface area (Å²) >= 11 is 0. The first-order valence-corrected chi connectivity index (χ1v) is 25.2. The van der Waals surface area contributed by atoms with E-state index in [9.17, 15) is 19.0 Å². The van der Waals surface area contributed by atoms with E-state index in [-0.39, 0.29) is 26.1 Å². The van der Waals surface area contributed by atoms with E-state index in [4.69, 9.17) is 23.3 Å². The number of carbonyl (C=O) groups is 2. The third kappa shape index (κ3) is 39.9. The second kappa shape index (κ2) is 39.0. The smallest absolute Gasteiger partial charge is 0.306 e. The van der Waals surface area contributed by atoms with Crippen molar-refractivity contribution in [2.24, 2.45) is 0 Å². The Morgan fingerprint density at radius 1 is 0.587 bits per heavy atom. The number of rotatable bonds is 40. The molecule has 10 nitrogen and oxygen atoms in total. The van der Waals surface area contributed by atoms with Gasteiger partial charge in [0.25, 0.3) is 7.82 Å². The van der Waals surface area contributed by atoms with E-state index in [0.29, 0.717) is 36.1 Å². The van der Waals surface area contributed by atoms with Crippen LogP contribution in [0, 0.1) is 0 Å². The molecule has 11 heteroatoms. The highest BCUT2D eigenvalue weighted by Gasteiger charge is 2.36. The van der Waals surface area contributed by atoms with Crippen molar-refractivity contribution in [2.45, 2.75) is 161 Å². The van der Waals surface area contributed by atoms with Gasteiger partial charge < -0.3 is 32.6 Å². The Balaban J connectivity index is 2.34. The summed E-state index contributed by atoms with van der Waals surface area (Å²) in [6.45, 7) is 3.92. The van der Waals surface area contributed by atoms with Crippen molar-refractivity contribution in [2.75, 3.05) is 47.5 Å². The van der Waals surface area contributed by atoms with E-state index in [1.165, 1.54) is 25.7 Å². The van der Waals surface area contributed by atoms with Crippen LogP contribution in [0.2, 0.25) is 0 Å². The van der Waals surface area contributed by atoms with Crippen molar-refractivity contribution in [1.29, 1.82) is 0 Å². The molecule has 1 aliphatic rings. The zero-order chi connectivity index (χ0) is 46.1. The maximum absolute atomic E-state index is 12.7. The summed E-state index contributed by atoms with van der Waals surface area (Å²) in [6, 6.07) is 0. The Morgan fingerprint density at radius 3 is 1.60 bits per heavy atom. The number of esters is 2. The van der Waals surface area contributed by atoms with E-state index in [2.05, 4.69) is 111 Å². The monoisotopic (exact) mass is 898 g/mol. The molecule has 0 bridgehead atoms. The Labute approximate surface area is 382 Å². The first kappa shape index (κ1) is 57.6. The number of allylic oxidation sites excluding steroid dienone is 16. The van der Waals surface area contributed by atoms with Crippen LogP contribution < -0.4 is 4.89 Å². The number of hydrogen-bond acceptors (Lipinski definition) is 9. The van der Waals surface area contributed by atoms with Crippen molar-refractivity contribution in [3.63, 3.8) is 0 Å². The summed E-state index contributed by atoms with van der Waals surface area (Å²) in [6.07, 6.45) is 56.0. The molecule has 3 unspecified atom stereocenters. The third-order valence-electron chi connectivity index (χ3n) is 9.69. The minimum atomic E-state index is -4.67. The van der Waals surface area contributed by atoms with Gasteiger partial charge in [-0.1, -0.05) is 142 Å². The van der Waals surface area contributed by atoms with Crippen molar-refractivity contribution in [3.8, 4) is 0 Å². The first-order valence-electron chi connectivity index (χ1n) is 23.7. The standard InChI is InChI=1S/C52H84NO9P/c1-6-8-10-11-12-13-14-15-16-17-18-19-20-21-25-28-31-34-38-42-51(54)58-46-48(47-60-63(56,57)59-45-44-53(3,4)5)61-52(55)43-39-35-32-29-26-23-22-24-27-30-33-37-41-50-49(62-50)40-36-9-7-2/h9,12-13,15-16,18-19,21,23-27,32-33,35-37,48-50H,6-8,10-11,14,17,20,22,28-31,34,38-47H2,1-5H3/b13-12-,16-15-,19-18-,25-21-,26-23-,27-24-,35-32-,36-9-,37-33-/t48-,49?,50?/m1/s1. The normalized spacial score (nSPS) is 17.7. The Morgan fingerprint density at radius 2 is 1.08 bits per heavy atom. The molecule has 1 heterocycles. The van der Waals surface area contributed by atoms with Gasteiger partial charge in [-0.25, -0.2) is 0 Å². The number of ether oxygens (including phenoxy) is 3. The van der Waals surface area contributed by atoms with Gasteiger partial charge in [-0.15, -0.1) is 0 Å². The summed E-state index contributed by atoms with van der Waals surface area (Å²) in [5.41, 5.74) is 0. The molecule has 0 amide bonds. The van der Waals surface area contributed by atoms with Crippen LogP contribution in [0.5, 0.6) is 0 Å². The fourth-order valence-electron chi connectivity index (χ4n) is 5.88. The van der Waals surface area contributed by atoms with Crippen molar-refractivity contribution in [1.82, 2.24) is 0 Å². The molecule has 0 radical (unpaired) electrons. The van der Waals surface area contributed by atoms with E-state index in [0.717, 1.165) is 77.0 Å². The molecule has 1 saturated heterocycles. The number of phosphoric acid groups is 1. The van der Waals surface area contributed by atoms with Gasteiger partial charge in [0, 0.05) is 12.8 Å². The predicted octanol–water partition coefficient (Wildman–Crippen LogP) is 12.3. The molecule has 0 saturated carbocycles. The zero-order valence-corrected chi connectivity index (χ0v) is 40.6. The van der Waals surface area contributed by atoms with Gasteiger partial charge in [-0.05, 0) is 96.3 Å². The number of likely N-dealkylation sites (N-methyl/N-ethyl adjacent to an activating group) is 1. The van der Waals surface area contributed by atoms with Crippen molar-refractivity contribution >= 4 is 19.8 Å². The summed E-state index contributed by atoms with van der Waals surface area (Å²) in [5.74, 6) is -0.985. The molecule has 0 aromatic carbocycles. The Hall–Kier alpha value is -3.37. The van der Waals surface area contributed by atoms with Gasteiger partial charge in [0.2, 0.25) is 0 Å². The first-order chi connectivity index (χ1) is 30.5. The summed E-state index contributed by atoms with van der Waals surface area (Å²) in [7, 11) is 1.07. The molecular weight excluding hydrogens is 814 g/mol. The fourth-order valence-corrected chi connectivity index (χ4v) is 6.61. The number of hydrogen-bond donors (Lipinski definition) is 0. The van der Waals surface area contributed by atoms with Gasteiger partial charge in [0.1, 0.15) is 19.8 Å². The molecule has 1 rings (SSSR count). The SMILES string of the molecule is CC/C=C\CC1OC1C/C=C\C/C=C\C/C=C\C/C=C\CCC(=O)O[C@H](COC(=O)CCCCC/C=C\C/C=C\C/C=C\C/C=C\CCCCC)COP(=O)([O-])OCC[N+](C)(C)C. The molecular formula is C52H84NO9P. The molecule has 0 spiro atoms. The molecule has 1 fully saturated rings. The number of quaternary nitrogens is 1. The zero-order valence-electron chi connectivity index (χ0n) is 39.7. The van der Waals surface area contributed by atoms with Crippen LogP contribution in [0.25, 0.3) is 0 Å². The number of carbonyl (C=O) groups excluding carboxylic acids is 2. The van der Waals surface area contributed by atoms with E-state index < -0.39 is 32.5 Å². The number of unbranched alkanes of at least 4 members (excludes halogenated alkanes) is 6. The van der Waals surface area contributed by atoms with Gasteiger partial charge in [-0.3, -0.25) is 14.2 Å². The lowest BCUT2D eigenvalue weighted by atomic mass is 10.1. The lowest BCUT2D eigenvalue weighted by Gasteiger charge is -2.28. The Bertz CT molecular complexity index is 1500. The van der Waals surface area contributed by atoms with Gasteiger partial charge >= 0.3 is 11.9 Å². The molecule has 0 N–H and O–H groups in total. The summed E-state index contributed by atoms with van der Waals surface area (Å²) in [5, 5.41) is 0. The second-order valence-electron chi connectivity index (χ2n) is 16.8. The lowest BCUT2D eigenvalue weighted by Crippen LogP contribution is -2.37. The topological polar surface area (TPSA) is 124 Å². The van der Waals surface area contributed by atoms with Gasteiger partial charge in [0.05, 0.1) is 40.0 Å². The number of nitrogens with zero attached hydrogens (tertiary/aromatic N) is 1. The molecule has 1 aliphatic heterocycles. The van der Waals surface area contributed by atoms with Crippen LogP contribution >= 0.6 is 7.82 Å². The lowest BCUT2D eigenvalue weighted by molar-refractivity contribution is -0.870. The highest BCUT2D eigenvalue weighted by atomic mass is 31.2. The number of phosphoric ester groups is 1. The Kier molecular flexibility index (Phi) is 35.7. The highest BCUT2D eigenvalue weighted by Crippen LogP contribution is 2.38. The van der Waals surface area contributed by atoms with Crippen molar-refractivity contribution in [3.05, 3.63) is 109 Å². The maximum Gasteiger partial charge on any atom is 0.306 e. The van der Waals surface area contributed by atoms with E-state index in [1.54, 1.807) is 0 Å². The maximum atomic E-state index is 12.7. The van der Waals surface area contributed by atoms with Crippen LogP contribution in [0.3, 0.4) is 0 Å². The van der Waals surface area contributed by atoms with Crippen molar-refractivity contribution < 1.29 is 46.8 Å². The molecule has 0 aliphatic carbocycles. The van der Waals surface area contributed by atoms with Gasteiger partial charge in [0.15, 0.2) is 6.10 Å². The quantitative estimate of drug-likeness (QED) is 0.0148. The fraction of sp³-hybridized carbons (Fsp3) is 0.615. The van der Waals surface area contributed by atoms with Crippen LogP contribution in [0.15, 0.2) is 109 Å². The summed E-state index contributed by atoms with van der Waals surface area (Å²) < 4.78 is 39.5. The third-order valence-corrected chi connectivity index (χ3v) is 10.7. The second-order valence-corrected chi connectivity index (χ2v) is 18.2. The molecule has 356 valence electrons. The van der Waals surface area contributed by atoms with E-state index in [1.807, 2.05) is 33.3 Å². The summed E-state index contributed by atoms with van der Waals surface area (Å²) in [4.78, 5) is 37.6. The van der Waals surface area contributed by atoms with Crippen LogP contribution in [0.1, 0.15) is 142 Å². The molecule has 63 heavy (non-hydrogen) atoms. The predicted molar refractivity (Wildman–Crippen MR) is 258 cm³/mol. The highest BCUT2D eigenvalue weighted by molar-refractivity contribution is 7.45. The molecule has 0 aromatic heterocycles. The van der Waals surface area contributed by atoms with E-state index >= 15 is 0 Å². The van der Waals surface area contributed by atoms with Crippen LogP contribution in [0.4, 0.5) is 0 Å². The van der Waals surface area contributed by atoms with Crippen LogP contribution in [-0.4, -0.2) is 82.2 Å². The average molecular weight is 898 g/mol. The largest absolute Gasteiger partial charge is 0.756 e. The minimum absolute atomic E-state index is 0.0585.